The predicted molar refractivity (Wildman–Crippen MR) is 127 cm³/mol. The van der Waals surface area contributed by atoms with E-state index in [2.05, 4.69) is 26.3 Å². The number of H-pyrrole nitrogens is 1. The molecular weight excluding hydrogens is 420 g/mol. The maximum absolute atomic E-state index is 12.7. The Balaban J connectivity index is 1.14. The highest BCUT2D eigenvalue weighted by Gasteiger charge is 2.24. The zero-order valence-corrected chi connectivity index (χ0v) is 18.9. The highest BCUT2D eigenvalue weighted by molar-refractivity contribution is 7.15. The maximum atomic E-state index is 12.7. The van der Waals surface area contributed by atoms with Crippen molar-refractivity contribution in [2.45, 2.75) is 38.5 Å². The number of carbonyl (C=O) groups excluding carboxylic acids is 1. The van der Waals surface area contributed by atoms with Gasteiger partial charge in [-0.2, -0.15) is 0 Å². The fraction of sp³-hybridized carbons (Fsp3) is 0.333. The molecule has 0 saturated carbocycles. The lowest BCUT2D eigenvalue weighted by atomic mass is 9.93. The SMILES string of the molecule is Cc1cnc(Nc2cccc(C3CCN(C(=O)CCc4nc5ccccc5[nH]4)CC3)n2)s1. The number of hydrogen-bond donors (Lipinski definition) is 2. The largest absolute Gasteiger partial charge is 0.343 e. The monoisotopic (exact) mass is 446 g/mol. The molecule has 1 aliphatic heterocycles. The fourth-order valence-electron chi connectivity index (χ4n) is 4.20. The number of aryl methyl sites for hydroxylation is 2. The van der Waals surface area contributed by atoms with Gasteiger partial charge in [-0.05, 0) is 44.0 Å². The van der Waals surface area contributed by atoms with Crippen LogP contribution in [0.2, 0.25) is 0 Å². The summed E-state index contributed by atoms with van der Waals surface area (Å²) in [6.45, 7) is 3.59. The normalized spacial score (nSPS) is 14.7. The number of amides is 1. The van der Waals surface area contributed by atoms with Crippen molar-refractivity contribution in [3.8, 4) is 0 Å². The third-order valence-corrected chi connectivity index (χ3v) is 6.74. The molecule has 5 rings (SSSR count). The van der Waals surface area contributed by atoms with Gasteiger partial charge >= 0.3 is 0 Å². The first kappa shape index (κ1) is 20.6. The number of aromatic amines is 1. The van der Waals surface area contributed by atoms with Gasteiger partial charge in [0.2, 0.25) is 5.91 Å². The molecular formula is C24H26N6OS. The van der Waals surface area contributed by atoms with Crippen LogP contribution < -0.4 is 5.32 Å². The van der Waals surface area contributed by atoms with Gasteiger partial charge in [0.15, 0.2) is 5.13 Å². The molecule has 1 fully saturated rings. The van der Waals surface area contributed by atoms with Crippen LogP contribution in [0.4, 0.5) is 10.9 Å². The number of nitrogens with zero attached hydrogens (tertiary/aromatic N) is 4. The number of fused-ring (bicyclic) bond motifs is 1. The Hall–Kier alpha value is -3.26. The van der Waals surface area contributed by atoms with Crippen molar-refractivity contribution in [3.63, 3.8) is 0 Å². The Kier molecular flexibility index (Phi) is 5.85. The van der Waals surface area contributed by atoms with Crippen LogP contribution in [0.1, 0.15) is 41.6 Å². The van der Waals surface area contributed by atoms with E-state index in [-0.39, 0.29) is 5.91 Å². The Bertz CT molecular complexity index is 1190. The van der Waals surface area contributed by atoms with Crippen LogP contribution in [-0.4, -0.2) is 43.8 Å². The summed E-state index contributed by atoms with van der Waals surface area (Å²) in [7, 11) is 0. The number of para-hydroxylation sites is 2. The summed E-state index contributed by atoms with van der Waals surface area (Å²) in [6, 6.07) is 14.0. The molecule has 0 atom stereocenters. The number of aromatic nitrogens is 4. The lowest BCUT2D eigenvalue weighted by Gasteiger charge is -2.32. The number of imidazole rings is 1. The molecule has 8 heteroatoms. The number of rotatable bonds is 6. The van der Waals surface area contributed by atoms with E-state index in [0.29, 0.717) is 18.8 Å². The van der Waals surface area contributed by atoms with Crippen LogP contribution >= 0.6 is 11.3 Å². The molecule has 0 bridgehead atoms. The van der Waals surface area contributed by atoms with Crippen molar-refractivity contribution in [1.82, 2.24) is 24.8 Å². The summed E-state index contributed by atoms with van der Waals surface area (Å²) >= 11 is 1.62. The summed E-state index contributed by atoms with van der Waals surface area (Å²) in [4.78, 5) is 32.9. The first-order valence-electron chi connectivity index (χ1n) is 11.0. The second-order valence-corrected chi connectivity index (χ2v) is 9.44. The van der Waals surface area contributed by atoms with Crippen LogP contribution in [-0.2, 0) is 11.2 Å². The number of benzene rings is 1. The van der Waals surface area contributed by atoms with Crippen molar-refractivity contribution in [1.29, 1.82) is 0 Å². The second-order valence-electron chi connectivity index (χ2n) is 8.20. The van der Waals surface area contributed by atoms with E-state index in [0.717, 1.165) is 59.4 Å². The van der Waals surface area contributed by atoms with Crippen LogP contribution in [0.5, 0.6) is 0 Å². The Morgan fingerprint density at radius 1 is 1.16 bits per heavy atom. The fourth-order valence-corrected chi connectivity index (χ4v) is 4.87. The van der Waals surface area contributed by atoms with Crippen LogP contribution in [0, 0.1) is 6.92 Å². The zero-order valence-electron chi connectivity index (χ0n) is 18.0. The molecule has 1 aliphatic rings. The third-order valence-electron chi connectivity index (χ3n) is 5.91. The van der Waals surface area contributed by atoms with Gasteiger partial charge < -0.3 is 15.2 Å². The molecule has 0 unspecified atom stereocenters. The molecule has 1 saturated heterocycles. The number of anilines is 2. The lowest BCUT2D eigenvalue weighted by Crippen LogP contribution is -2.38. The van der Waals surface area contributed by atoms with Gasteiger partial charge in [-0.25, -0.2) is 15.0 Å². The van der Waals surface area contributed by atoms with Gasteiger partial charge in [-0.15, -0.1) is 11.3 Å². The van der Waals surface area contributed by atoms with Gasteiger partial charge in [0.25, 0.3) is 0 Å². The molecule has 7 nitrogen and oxygen atoms in total. The number of likely N-dealkylation sites (tertiary alicyclic amines) is 1. The van der Waals surface area contributed by atoms with Crippen molar-refractivity contribution in [2.75, 3.05) is 18.4 Å². The predicted octanol–water partition coefficient (Wildman–Crippen LogP) is 4.81. The van der Waals surface area contributed by atoms with Crippen LogP contribution in [0.25, 0.3) is 11.0 Å². The molecule has 4 aromatic rings. The molecule has 1 amide bonds. The molecule has 0 aliphatic carbocycles. The summed E-state index contributed by atoms with van der Waals surface area (Å²) in [5.74, 6) is 2.26. The van der Waals surface area contributed by atoms with Gasteiger partial charge in [0.1, 0.15) is 11.6 Å². The summed E-state index contributed by atoms with van der Waals surface area (Å²) in [5.41, 5.74) is 3.05. The first-order valence-corrected chi connectivity index (χ1v) is 11.8. The lowest BCUT2D eigenvalue weighted by molar-refractivity contribution is -0.132. The van der Waals surface area contributed by atoms with E-state index >= 15 is 0 Å². The van der Waals surface area contributed by atoms with Crippen LogP contribution in [0.3, 0.4) is 0 Å². The van der Waals surface area contributed by atoms with Crippen molar-refractivity contribution in [2.24, 2.45) is 0 Å². The maximum Gasteiger partial charge on any atom is 0.223 e. The Morgan fingerprint density at radius 3 is 2.78 bits per heavy atom. The molecule has 0 spiro atoms. The average molecular weight is 447 g/mol. The number of thiazole rings is 1. The standard InChI is InChI=1S/C24H26N6OS/c1-16-15-25-24(32-16)29-21-8-4-7-18(26-21)17-11-13-30(14-12-17)23(31)10-9-22-27-19-5-2-3-6-20(19)28-22/h2-8,15,17H,9-14H2,1H3,(H,27,28)(H,25,26,29). The minimum Gasteiger partial charge on any atom is -0.343 e. The number of pyridine rings is 1. The number of carbonyl (C=O) groups is 1. The van der Waals surface area contributed by atoms with E-state index in [1.165, 1.54) is 4.88 Å². The van der Waals surface area contributed by atoms with E-state index in [4.69, 9.17) is 4.98 Å². The van der Waals surface area contributed by atoms with E-state index in [1.807, 2.05) is 54.4 Å². The second kappa shape index (κ2) is 9.08. The molecule has 164 valence electrons. The van der Waals surface area contributed by atoms with Crippen LogP contribution in [0.15, 0.2) is 48.7 Å². The number of piperidine rings is 1. The molecule has 4 heterocycles. The Morgan fingerprint density at radius 2 is 2.00 bits per heavy atom. The average Bonchev–Trinajstić information content (AvgIpc) is 3.43. The van der Waals surface area contributed by atoms with Crippen molar-refractivity contribution < 1.29 is 4.79 Å². The molecule has 1 aromatic carbocycles. The van der Waals surface area contributed by atoms with E-state index < -0.39 is 0 Å². The van der Waals surface area contributed by atoms with E-state index in [1.54, 1.807) is 11.3 Å². The molecule has 3 aromatic heterocycles. The third kappa shape index (κ3) is 4.65. The minimum absolute atomic E-state index is 0.200. The molecule has 2 N–H and O–H groups in total. The zero-order chi connectivity index (χ0) is 21.9. The number of hydrogen-bond acceptors (Lipinski definition) is 6. The summed E-state index contributed by atoms with van der Waals surface area (Å²) < 4.78 is 0. The van der Waals surface area contributed by atoms with Crippen molar-refractivity contribution in [3.05, 3.63) is 65.1 Å². The first-order chi connectivity index (χ1) is 15.6. The number of nitrogens with one attached hydrogen (secondary N) is 2. The Labute approximate surface area is 190 Å². The topological polar surface area (TPSA) is 86.8 Å². The summed E-state index contributed by atoms with van der Waals surface area (Å²) in [6.07, 6.45) is 4.85. The van der Waals surface area contributed by atoms with E-state index in [9.17, 15) is 4.79 Å². The van der Waals surface area contributed by atoms with Gasteiger partial charge in [-0.3, -0.25) is 4.79 Å². The van der Waals surface area contributed by atoms with Gasteiger partial charge in [-0.1, -0.05) is 18.2 Å². The quantitative estimate of drug-likeness (QED) is 0.444. The molecule has 32 heavy (non-hydrogen) atoms. The van der Waals surface area contributed by atoms with Gasteiger partial charge in [0, 0.05) is 48.6 Å². The summed E-state index contributed by atoms with van der Waals surface area (Å²) in [5, 5.41) is 4.15. The highest BCUT2D eigenvalue weighted by Crippen LogP contribution is 2.29. The molecule has 0 radical (unpaired) electrons. The van der Waals surface area contributed by atoms with Crippen molar-refractivity contribution >= 4 is 39.2 Å². The highest BCUT2D eigenvalue weighted by atomic mass is 32.1. The smallest absolute Gasteiger partial charge is 0.223 e. The van der Waals surface area contributed by atoms with Gasteiger partial charge in [0.05, 0.1) is 11.0 Å². The minimum atomic E-state index is 0.200.